The maximum atomic E-state index is 2.42. The zero-order chi connectivity index (χ0) is 11.5. The van der Waals surface area contributed by atoms with Gasteiger partial charge in [0.25, 0.3) is 0 Å². The molecule has 2 nitrogen and oxygen atoms in total. The molecule has 0 aromatic carbocycles. The van der Waals surface area contributed by atoms with E-state index in [1.54, 1.807) is 0 Å². The van der Waals surface area contributed by atoms with E-state index in [4.69, 9.17) is 0 Å². The van der Waals surface area contributed by atoms with Crippen LogP contribution in [-0.4, -0.2) is 17.5 Å². The molecule has 0 aliphatic heterocycles. The first-order valence-electron chi connectivity index (χ1n) is 6.15. The molecule has 0 fully saturated rings. The molecular formula is C14H20N2. The van der Waals surface area contributed by atoms with E-state index in [1.807, 2.05) is 0 Å². The van der Waals surface area contributed by atoms with Crippen LogP contribution in [0.4, 0.5) is 5.82 Å². The smallest absolute Gasteiger partial charge is 0.116 e. The lowest BCUT2D eigenvalue weighted by Gasteiger charge is -2.22. The van der Waals surface area contributed by atoms with Crippen molar-refractivity contribution in [3.63, 3.8) is 0 Å². The van der Waals surface area contributed by atoms with Crippen molar-refractivity contribution < 1.29 is 0 Å². The van der Waals surface area contributed by atoms with E-state index >= 15 is 0 Å². The fraction of sp³-hybridized carbons (Fsp3) is 0.429. The van der Waals surface area contributed by atoms with Gasteiger partial charge in [-0.1, -0.05) is 13.0 Å². The van der Waals surface area contributed by atoms with E-state index in [1.165, 1.54) is 16.9 Å². The second kappa shape index (κ2) is 4.60. The monoisotopic (exact) mass is 216 g/mol. The summed E-state index contributed by atoms with van der Waals surface area (Å²) in [4.78, 5) is 2.42. The highest BCUT2D eigenvalue weighted by Gasteiger charge is 2.12. The van der Waals surface area contributed by atoms with Crippen LogP contribution in [0.1, 0.15) is 26.3 Å². The SMILES string of the molecule is CCc1cc2ccccn2c1N(CC)CC. The molecule has 2 aromatic heterocycles. The number of fused-ring (bicyclic) bond motifs is 1. The Morgan fingerprint density at radius 1 is 1.12 bits per heavy atom. The highest BCUT2D eigenvalue weighted by molar-refractivity contribution is 5.64. The van der Waals surface area contributed by atoms with Crippen LogP contribution in [0.5, 0.6) is 0 Å². The molecule has 0 radical (unpaired) electrons. The van der Waals surface area contributed by atoms with Crippen molar-refractivity contribution in [3.05, 3.63) is 36.0 Å². The quantitative estimate of drug-likeness (QED) is 0.760. The Morgan fingerprint density at radius 2 is 1.88 bits per heavy atom. The summed E-state index contributed by atoms with van der Waals surface area (Å²) in [5.74, 6) is 1.36. The third kappa shape index (κ3) is 1.69. The largest absolute Gasteiger partial charge is 0.358 e. The van der Waals surface area contributed by atoms with Gasteiger partial charge < -0.3 is 9.30 Å². The predicted octanol–water partition coefficient (Wildman–Crippen LogP) is 3.35. The predicted molar refractivity (Wildman–Crippen MR) is 70.3 cm³/mol. The van der Waals surface area contributed by atoms with Gasteiger partial charge in [0, 0.05) is 24.8 Å². The maximum Gasteiger partial charge on any atom is 0.116 e. The highest BCUT2D eigenvalue weighted by atomic mass is 15.2. The lowest BCUT2D eigenvalue weighted by Crippen LogP contribution is -2.24. The molecule has 0 saturated carbocycles. The summed E-state index contributed by atoms with van der Waals surface area (Å²) >= 11 is 0. The second-order valence-electron chi connectivity index (χ2n) is 4.01. The van der Waals surface area contributed by atoms with Gasteiger partial charge in [-0.15, -0.1) is 0 Å². The van der Waals surface area contributed by atoms with Crippen LogP contribution in [-0.2, 0) is 6.42 Å². The molecule has 0 amide bonds. The summed E-state index contributed by atoms with van der Waals surface area (Å²) in [5, 5.41) is 0. The van der Waals surface area contributed by atoms with Crippen molar-refractivity contribution in [1.82, 2.24) is 4.40 Å². The number of rotatable bonds is 4. The van der Waals surface area contributed by atoms with E-state index in [9.17, 15) is 0 Å². The molecule has 2 heterocycles. The van der Waals surface area contributed by atoms with Gasteiger partial charge in [0.15, 0.2) is 0 Å². The van der Waals surface area contributed by atoms with Gasteiger partial charge in [-0.05, 0) is 44.0 Å². The fourth-order valence-electron chi connectivity index (χ4n) is 2.30. The van der Waals surface area contributed by atoms with Gasteiger partial charge in [-0.2, -0.15) is 0 Å². The Kier molecular flexibility index (Phi) is 3.18. The molecule has 0 aliphatic rings. The minimum atomic E-state index is 1.06. The molecule has 0 N–H and O–H groups in total. The fourth-order valence-corrected chi connectivity index (χ4v) is 2.30. The third-order valence-electron chi connectivity index (χ3n) is 3.17. The summed E-state index contributed by atoms with van der Waals surface area (Å²) < 4.78 is 2.30. The van der Waals surface area contributed by atoms with E-state index in [2.05, 4.69) is 60.5 Å². The summed E-state index contributed by atoms with van der Waals surface area (Å²) in [7, 11) is 0. The Morgan fingerprint density at radius 3 is 2.50 bits per heavy atom. The molecular weight excluding hydrogens is 196 g/mol. The topological polar surface area (TPSA) is 7.65 Å². The van der Waals surface area contributed by atoms with Crippen LogP contribution in [0.25, 0.3) is 5.52 Å². The van der Waals surface area contributed by atoms with Crippen molar-refractivity contribution in [2.24, 2.45) is 0 Å². The molecule has 16 heavy (non-hydrogen) atoms. The van der Waals surface area contributed by atoms with E-state index in [-0.39, 0.29) is 0 Å². The number of hydrogen-bond acceptors (Lipinski definition) is 1. The van der Waals surface area contributed by atoms with Crippen LogP contribution in [0.15, 0.2) is 30.5 Å². The molecule has 0 saturated heterocycles. The van der Waals surface area contributed by atoms with Crippen LogP contribution < -0.4 is 4.90 Å². The van der Waals surface area contributed by atoms with Crippen molar-refractivity contribution in [2.45, 2.75) is 27.2 Å². The van der Waals surface area contributed by atoms with Crippen molar-refractivity contribution in [2.75, 3.05) is 18.0 Å². The van der Waals surface area contributed by atoms with Gasteiger partial charge in [0.05, 0.1) is 0 Å². The number of aromatic nitrogens is 1. The van der Waals surface area contributed by atoms with Gasteiger partial charge in [0.2, 0.25) is 0 Å². The van der Waals surface area contributed by atoms with Crippen molar-refractivity contribution in [1.29, 1.82) is 0 Å². The zero-order valence-corrected chi connectivity index (χ0v) is 10.4. The van der Waals surface area contributed by atoms with Gasteiger partial charge in [-0.3, -0.25) is 0 Å². The maximum absolute atomic E-state index is 2.42. The number of nitrogens with zero attached hydrogens (tertiary/aromatic N) is 2. The number of aryl methyl sites for hydroxylation is 1. The van der Waals surface area contributed by atoms with E-state index < -0.39 is 0 Å². The molecule has 2 aromatic rings. The summed E-state index contributed by atoms with van der Waals surface area (Å²) in [6, 6.07) is 8.67. The molecule has 0 bridgehead atoms. The third-order valence-corrected chi connectivity index (χ3v) is 3.17. The number of hydrogen-bond donors (Lipinski definition) is 0. The molecule has 2 rings (SSSR count). The first-order valence-corrected chi connectivity index (χ1v) is 6.15. The second-order valence-corrected chi connectivity index (χ2v) is 4.01. The minimum absolute atomic E-state index is 1.06. The van der Waals surface area contributed by atoms with Gasteiger partial charge in [0.1, 0.15) is 5.82 Å². The molecule has 86 valence electrons. The summed E-state index contributed by atoms with van der Waals surface area (Å²) in [5.41, 5.74) is 2.73. The lowest BCUT2D eigenvalue weighted by molar-refractivity contribution is 0.829. The number of pyridine rings is 1. The van der Waals surface area contributed by atoms with Crippen molar-refractivity contribution >= 4 is 11.3 Å². The normalized spacial score (nSPS) is 10.9. The van der Waals surface area contributed by atoms with Crippen LogP contribution in [0.2, 0.25) is 0 Å². The van der Waals surface area contributed by atoms with Crippen LogP contribution in [0, 0.1) is 0 Å². The summed E-state index contributed by atoms with van der Waals surface area (Å²) in [6.07, 6.45) is 3.25. The molecule has 0 spiro atoms. The van der Waals surface area contributed by atoms with E-state index in [0.29, 0.717) is 0 Å². The Labute approximate surface area is 97.5 Å². The van der Waals surface area contributed by atoms with Crippen LogP contribution >= 0.6 is 0 Å². The lowest BCUT2D eigenvalue weighted by atomic mass is 10.2. The van der Waals surface area contributed by atoms with Gasteiger partial charge >= 0.3 is 0 Å². The average molecular weight is 216 g/mol. The number of anilines is 1. The Balaban J connectivity index is 2.63. The Hall–Kier alpha value is -1.44. The molecule has 2 heteroatoms. The van der Waals surface area contributed by atoms with Gasteiger partial charge in [-0.25, -0.2) is 0 Å². The summed E-state index contributed by atoms with van der Waals surface area (Å²) in [6.45, 7) is 8.77. The van der Waals surface area contributed by atoms with Crippen molar-refractivity contribution in [3.8, 4) is 0 Å². The van der Waals surface area contributed by atoms with Crippen LogP contribution in [0.3, 0.4) is 0 Å². The molecule has 0 unspecified atom stereocenters. The molecule has 0 atom stereocenters. The van der Waals surface area contributed by atoms with E-state index in [0.717, 1.165) is 19.5 Å². The first kappa shape index (κ1) is 11.1. The average Bonchev–Trinajstić information content (AvgIpc) is 2.70. The first-order chi connectivity index (χ1) is 7.81. The molecule has 0 aliphatic carbocycles. The standard InChI is InChI=1S/C14H20N2/c1-4-12-11-13-9-7-8-10-16(13)14(12)15(5-2)6-3/h7-11H,4-6H2,1-3H3. The highest BCUT2D eigenvalue weighted by Crippen LogP contribution is 2.25. The zero-order valence-electron chi connectivity index (χ0n) is 10.4. The minimum Gasteiger partial charge on any atom is -0.358 e. The Bertz CT molecular complexity index is 467.